The zero-order valence-electron chi connectivity index (χ0n) is 9.78. The summed E-state index contributed by atoms with van der Waals surface area (Å²) in [5.74, 6) is -1.04. The number of carbonyl (C=O) groups excluding carboxylic acids is 1. The lowest BCUT2D eigenvalue weighted by Crippen LogP contribution is -2.43. The third-order valence-electron chi connectivity index (χ3n) is 3.46. The van der Waals surface area contributed by atoms with Crippen molar-refractivity contribution >= 4 is 27.8 Å². The molecule has 0 aromatic heterocycles. The first-order valence-corrected chi connectivity index (χ1v) is 6.84. The van der Waals surface area contributed by atoms with E-state index in [4.69, 9.17) is 0 Å². The van der Waals surface area contributed by atoms with E-state index in [9.17, 15) is 14.7 Å². The molecule has 0 bridgehead atoms. The number of amides is 1. The fourth-order valence-electron chi connectivity index (χ4n) is 2.65. The molecule has 0 fully saturated rings. The topological polar surface area (TPSA) is 57.6 Å². The molecule has 0 saturated carbocycles. The second-order valence-electron chi connectivity index (χ2n) is 4.64. The second-order valence-corrected chi connectivity index (χ2v) is 6.01. The predicted octanol–water partition coefficient (Wildman–Crippen LogP) is 2.28. The standard InChI is InChI=1S/C12H16BrNO3/c1-7(13)11(15)14-9-5-3-2-4-8(9)6-10(14)12(16)17/h7,10H,2-6H2,1H3,(H,16,17). The smallest absolute Gasteiger partial charge is 0.327 e. The highest BCUT2D eigenvalue weighted by atomic mass is 79.9. The Balaban J connectivity index is 2.31. The van der Waals surface area contributed by atoms with Crippen LogP contribution in [-0.4, -0.2) is 32.8 Å². The number of nitrogens with zero attached hydrogens (tertiary/aromatic N) is 1. The highest BCUT2D eigenvalue weighted by molar-refractivity contribution is 9.10. The maximum absolute atomic E-state index is 12.1. The monoisotopic (exact) mass is 301 g/mol. The van der Waals surface area contributed by atoms with Crippen LogP contribution in [0.15, 0.2) is 11.3 Å². The number of hydrogen-bond acceptors (Lipinski definition) is 2. The van der Waals surface area contributed by atoms with Gasteiger partial charge in [-0.1, -0.05) is 15.9 Å². The molecule has 2 rings (SSSR count). The molecule has 0 spiro atoms. The Morgan fingerprint density at radius 2 is 2.06 bits per heavy atom. The highest BCUT2D eigenvalue weighted by Crippen LogP contribution is 2.39. The zero-order valence-corrected chi connectivity index (χ0v) is 11.4. The van der Waals surface area contributed by atoms with E-state index in [1.54, 1.807) is 6.92 Å². The van der Waals surface area contributed by atoms with Crippen LogP contribution in [0.3, 0.4) is 0 Å². The molecule has 4 nitrogen and oxygen atoms in total. The Kier molecular flexibility index (Phi) is 3.56. The van der Waals surface area contributed by atoms with Gasteiger partial charge >= 0.3 is 5.97 Å². The Labute approximate surface area is 109 Å². The molecule has 1 aliphatic carbocycles. The highest BCUT2D eigenvalue weighted by Gasteiger charge is 2.41. The Morgan fingerprint density at radius 3 is 2.65 bits per heavy atom. The lowest BCUT2D eigenvalue weighted by atomic mass is 9.96. The predicted molar refractivity (Wildman–Crippen MR) is 66.8 cm³/mol. The Hall–Kier alpha value is -0.840. The summed E-state index contributed by atoms with van der Waals surface area (Å²) in [6.07, 6.45) is 4.45. The normalized spacial score (nSPS) is 25.8. The first-order valence-electron chi connectivity index (χ1n) is 5.93. The van der Waals surface area contributed by atoms with Crippen molar-refractivity contribution < 1.29 is 14.7 Å². The fourth-order valence-corrected chi connectivity index (χ4v) is 2.87. The molecule has 0 radical (unpaired) electrons. The number of aliphatic carboxylic acids is 1. The van der Waals surface area contributed by atoms with Crippen molar-refractivity contribution in [2.45, 2.75) is 49.9 Å². The molecular weight excluding hydrogens is 286 g/mol. The number of carboxylic acid groups (broad SMARTS) is 1. The van der Waals surface area contributed by atoms with Crippen LogP contribution in [0.4, 0.5) is 0 Å². The van der Waals surface area contributed by atoms with E-state index in [-0.39, 0.29) is 10.7 Å². The SMILES string of the molecule is CC(Br)C(=O)N1C2=C(CCCC2)CC1C(=O)O. The van der Waals surface area contributed by atoms with Crippen molar-refractivity contribution in [2.75, 3.05) is 0 Å². The number of rotatable bonds is 2. The van der Waals surface area contributed by atoms with Crippen LogP contribution in [0.25, 0.3) is 0 Å². The van der Waals surface area contributed by atoms with Gasteiger partial charge in [0, 0.05) is 12.1 Å². The molecule has 1 N–H and O–H groups in total. The summed E-state index contributed by atoms with van der Waals surface area (Å²) in [4.78, 5) is 24.5. The molecular formula is C12H16BrNO3. The number of carbonyl (C=O) groups is 2. The molecule has 5 heteroatoms. The molecule has 2 atom stereocenters. The van der Waals surface area contributed by atoms with Gasteiger partial charge in [-0.2, -0.15) is 0 Å². The zero-order chi connectivity index (χ0) is 12.6. The van der Waals surface area contributed by atoms with Gasteiger partial charge in [-0.3, -0.25) is 4.79 Å². The molecule has 1 aliphatic heterocycles. The van der Waals surface area contributed by atoms with E-state index in [1.165, 1.54) is 10.5 Å². The van der Waals surface area contributed by atoms with Crippen molar-refractivity contribution in [3.63, 3.8) is 0 Å². The molecule has 0 aromatic rings. The maximum Gasteiger partial charge on any atom is 0.327 e. The van der Waals surface area contributed by atoms with Gasteiger partial charge in [0.15, 0.2) is 0 Å². The van der Waals surface area contributed by atoms with Crippen molar-refractivity contribution in [3.8, 4) is 0 Å². The molecule has 1 amide bonds. The molecule has 94 valence electrons. The lowest BCUT2D eigenvalue weighted by molar-refractivity contribution is -0.147. The summed E-state index contributed by atoms with van der Waals surface area (Å²) in [7, 11) is 0. The van der Waals surface area contributed by atoms with Gasteiger partial charge in [0.05, 0.1) is 4.83 Å². The van der Waals surface area contributed by atoms with Crippen LogP contribution in [0.2, 0.25) is 0 Å². The van der Waals surface area contributed by atoms with Crippen LogP contribution < -0.4 is 0 Å². The van der Waals surface area contributed by atoms with Crippen molar-refractivity contribution in [3.05, 3.63) is 11.3 Å². The lowest BCUT2D eigenvalue weighted by Gasteiger charge is -2.27. The minimum Gasteiger partial charge on any atom is -0.480 e. The molecule has 17 heavy (non-hydrogen) atoms. The summed E-state index contributed by atoms with van der Waals surface area (Å²) in [5, 5.41) is 9.23. The van der Waals surface area contributed by atoms with Gasteiger partial charge in [-0.15, -0.1) is 0 Å². The minimum atomic E-state index is -0.902. The van der Waals surface area contributed by atoms with Crippen LogP contribution in [0.1, 0.15) is 39.0 Å². The first kappa shape index (κ1) is 12.6. The third-order valence-corrected chi connectivity index (χ3v) is 3.85. The number of hydrogen-bond donors (Lipinski definition) is 1. The largest absolute Gasteiger partial charge is 0.480 e. The number of carboxylic acids is 1. The van der Waals surface area contributed by atoms with E-state index in [2.05, 4.69) is 15.9 Å². The summed E-state index contributed by atoms with van der Waals surface area (Å²) in [6, 6.07) is -0.689. The number of halogens is 1. The summed E-state index contributed by atoms with van der Waals surface area (Å²) < 4.78 is 0. The summed E-state index contributed by atoms with van der Waals surface area (Å²) >= 11 is 3.24. The van der Waals surface area contributed by atoms with Crippen LogP contribution >= 0.6 is 15.9 Å². The van der Waals surface area contributed by atoms with Gasteiger partial charge < -0.3 is 10.0 Å². The second kappa shape index (κ2) is 4.80. The van der Waals surface area contributed by atoms with Gasteiger partial charge in [0.1, 0.15) is 6.04 Å². The van der Waals surface area contributed by atoms with Gasteiger partial charge in [-0.25, -0.2) is 4.79 Å². The average molecular weight is 302 g/mol. The van der Waals surface area contributed by atoms with E-state index in [0.717, 1.165) is 31.4 Å². The Bertz CT molecular complexity index is 389. The number of allylic oxidation sites excluding steroid dienone is 1. The summed E-state index contributed by atoms with van der Waals surface area (Å²) in [5.41, 5.74) is 2.14. The Morgan fingerprint density at radius 1 is 1.41 bits per heavy atom. The van der Waals surface area contributed by atoms with Crippen LogP contribution in [0.5, 0.6) is 0 Å². The van der Waals surface area contributed by atoms with E-state index < -0.39 is 12.0 Å². The van der Waals surface area contributed by atoms with E-state index >= 15 is 0 Å². The van der Waals surface area contributed by atoms with E-state index in [0.29, 0.717) is 6.42 Å². The van der Waals surface area contributed by atoms with E-state index in [1.807, 2.05) is 0 Å². The van der Waals surface area contributed by atoms with Gasteiger partial charge in [0.2, 0.25) is 5.91 Å². The quantitative estimate of drug-likeness (QED) is 0.796. The average Bonchev–Trinajstić information content (AvgIpc) is 2.67. The van der Waals surface area contributed by atoms with Gasteiger partial charge in [0.25, 0.3) is 0 Å². The fraction of sp³-hybridized carbons (Fsp3) is 0.667. The summed E-state index contributed by atoms with van der Waals surface area (Å²) in [6.45, 7) is 1.74. The minimum absolute atomic E-state index is 0.135. The molecule has 0 saturated heterocycles. The molecule has 1 heterocycles. The molecule has 0 aromatic carbocycles. The van der Waals surface area contributed by atoms with Crippen molar-refractivity contribution in [1.29, 1.82) is 0 Å². The molecule has 2 unspecified atom stereocenters. The van der Waals surface area contributed by atoms with Crippen LogP contribution in [-0.2, 0) is 9.59 Å². The van der Waals surface area contributed by atoms with Crippen molar-refractivity contribution in [2.24, 2.45) is 0 Å². The third kappa shape index (κ3) is 2.25. The van der Waals surface area contributed by atoms with Gasteiger partial charge in [-0.05, 0) is 38.2 Å². The molecule has 2 aliphatic rings. The van der Waals surface area contributed by atoms with Crippen molar-refractivity contribution in [1.82, 2.24) is 4.90 Å². The van der Waals surface area contributed by atoms with Crippen LogP contribution in [0, 0.1) is 0 Å². The maximum atomic E-state index is 12.1. The first-order chi connectivity index (χ1) is 8.02. The number of alkyl halides is 1.